The van der Waals surface area contributed by atoms with E-state index < -0.39 is 11.6 Å². The summed E-state index contributed by atoms with van der Waals surface area (Å²) >= 11 is 0. The van der Waals surface area contributed by atoms with E-state index >= 15 is 4.39 Å². The number of hydrazone groups is 1. The van der Waals surface area contributed by atoms with Gasteiger partial charge in [-0.05, 0) is 63.4 Å². The van der Waals surface area contributed by atoms with Crippen molar-refractivity contribution < 1.29 is 18.3 Å². The first-order valence-electron chi connectivity index (χ1n) is 14.0. The number of hydrazine groups is 1. The molecule has 2 aromatic heterocycles. The molecule has 2 aliphatic heterocycles. The zero-order valence-electron chi connectivity index (χ0n) is 23.0. The van der Waals surface area contributed by atoms with Gasteiger partial charge in [0.2, 0.25) is 5.82 Å². The number of amidine groups is 1. The normalized spacial score (nSPS) is 17.1. The van der Waals surface area contributed by atoms with Crippen LogP contribution in [0.15, 0.2) is 41.9 Å². The van der Waals surface area contributed by atoms with Crippen molar-refractivity contribution in [2.45, 2.75) is 44.6 Å². The molecule has 0 bridgehead atoms. The molecule has 41 heavy (non-hydrogen) atoms. The third-order valence-electron chi connectivity index (χ3n) is 7.62. The molecule has 0 unspecified atom stereocenters. The highest BCUT2D eigenvalue weighted by Crippen LogP contribution is 2.30. The molecule has 220 valence electrons. The van der Waals surface area contributed by atoms with E-state index in [2.05, 4.69) is 20.1 Å². The first-order valence-corrected chi connectivity index (χ1v) is 14.0. The number of anilines is 2. The third kappa shape index (κ3) is 6.58. The Morgan fingerprint density at radius 1 is 1.10 bits per heavy atom. The van der Waals surface area contributed by atoms with Crippen LogP contribution in [0.25, 0.3) is 11.1 Å². The van der Waals surface area contributed by atoms with E-state index in [0.29, 0.717) is 25.2 Å². The van der Waals surface area contributed by atoms with Crippen molar-refractivity contribution in [3.63, 3.8) is 0 Å². The number of halogens is 2. The fourth-order valence-electron chi connectivity index (χ4n) is 5.30. The topological polar surface area (TPSA) is 146 Å². The number of benzene rings is 1. The maximum absolute atomic E-state index is 15.2. The number of rotatable bonds is 9. The molecule has 1 aromatic carbocycles. The van der Waals surface area contributed by atoms with Crippen LogP contribution in [0.3, 0.4) is 0 Å². The van der Waals surface area contributed by atoms with Gasteiger partial charge in [0.05, 0.1) is 30.1 Å². The van der Waals surface area contributed by atoms with Crippen molar-refractivity contribution in [1.82, 2.24) is 19.7 Å². The van der Waals surface area contributed by atoms with Gasteiger partial charge in [0.1, 0.15) is 5.82 Å². The van der Waals surface area contributed by atoms with Gasteiger partial charge in [-0.25, -0.2) is 15.2 Å². The summed E-state index contributed by atoms with van der Waals surface area (Å²) in [5.41, 5.74) is 7.58. The molecule has 13 heteroatoms. The summed E-state index contributed by atoms with van der Waals surface area (Å²) in [6.07, 6.45) is 11.4. The van der Waals surface area contributed by atoms with Crippen molar-refractivity contribution in [3.8, 4) is 16.9 Å². The van der Waals surface area contributed by atoms with Gasteiger partial charge in [-0.3, -0.25) is 9.69 Å². The van der Waals surface area contributed by atoms with E-state index in [1.165, 1.54) is 31.4 Å². The molecule has 2 saturated heterocycles. The number of hydrogen-bond donors (Lipinski definition) is 3. The van der Waals surface area contributed by atoms with Gasteiger partial charge in [0, 0.05) is 43.3 Å². The quantitative estimate of drug-likeness (QED) is 0.116. The Bertz CT molecular complexity index is 1350. The van der Waals surface area contributed by atoms with Gasteiger partial charge in [0.15, 0.2) is 17.4 Å². The van der Waals surface area contributed by atoms with Crippen LogP contribution >= 0.6 is 0 Å². The Morgan fingerprint density at radius 3 is 2.63 bits per heavy atom. The maximum atomic E-state index is 15.2. The van der Waals surface area contributed by atoms with Crippen molar-refractivity contribution in [2.75, 3.05) is 50.2 Å². The molecule has 2 fully saturated rings. The zero-order valence-corrected chi connectivity index (χ0v) is 23.0. The third-order valence-corrected chi connectivity index (χ3v) is 7.62. The maximum Gasteiger partial charge on any atom is 0.202 e. The second kappa shape index (κ2) is 13.2. The standard InChI is InChI=1S/C28H37F2N9O2/c29-25-23(5-6-24(26(25)30)41-12-4-11-37-9-2-1-3-10-37)39(33)28(36-32)22-15-19(16-34-27(22)31)20-17-35-38(18-20)21-7-13-40-14-8-21/h5-6,15-18,21H,1-4,7-14,32-33H2,(H2,31,34)/b36-28-. The minimum absolute atomic E-state index is 0.0692. The van der Waals surface area contributed by atoms with Gasteiger partial charge >= 0.3 is 0 Å². The molecule has 3 aromatic rings. The first-order chi connectivity index (χ1) is 20.0. The number of pyridine rings is 1. The Hall–Kier alpha value is -3.81. The minimum Gasteiger partial charge on any atom is -0.490 e. The van der Waals surface area contributed by atoms with Crippen molar-refractivity contribution in [2.24, 2.45) is 16.8 Å². The monoisotopic (exact) mass is 569 g/mol. The number of ether oxygens (including phenoxy) is 2. The number of aromatic nitrogens is 3. The van der Waals surface area contributed by atoms with Crippen molar-refractivity contribution in [1.29, 1.82) is 0 Å². The Labute approximate surface area is 237 Å². The summed E-state index contributed by atoms with van der Waals surface area (Å²) in [6.45, 7) is 4.65. The van der Waals surface area contributed by atoms with Gasteiger partial charge in [-0.1, -0.05) is 6.42 Å². The average molecular weight is 570 g/mol. The molecule has 0 atom stereocenters. The molecule has 0 radical (unpaired) electrons. The molecular formula is C28H37F2N9O2. The van der Waals surface area contributed by atoms with Crippen LogP contribution in [0, 0.1) is 11.6 Å². The van der Waals surface area contributed by atoms with Crippen LogP contribution in [-0.2, 0) is 4.74 Å². The predicted molar refractivity (Wildman–Crippen MR) is 153 cm³/mol. The Kier molecular flexibility index (Phi) is 9.27. The van der Waals surface area contributed by atoms with E-state index in [1.54, 1.807) is 18.5 Å². The summed E-state index contributed by atoms with van der Waals surface area (Å²) in [7, 11) is 0. The van der Waals surface area contributed by atoms with E-state index in [4.69, 9.17) is 26.9 Å². The number of nitrogens with zero attached hydrogens (tertiary/aromatic N) is 6. The van der Waals surface area contributed by atoms with Crippen LogP contribution in [0.1, 0.15) is 50.1 Å². The van der Waals surface area contributed by atoms with E-state index in [9.17, 15) is 4.39 Å². The summed E-state index contributed by atoms with van der Waals surface area (Å²) in [5, 5.41) is 9.10. The largest absolute Gasteiger partial charge is 0.490 e. The van der Waals surface area contributed by atoms with Gasteiger partial charge in [0.25, 0.3) is 0 Å². The average Bonchev–Trinajstić information content (AvgIpc) is 3.50. The lowest BCUT2D eigenvalue weighted by atomic mass is 10.1. The van der Waals surface area contributed by atoms with Crippen LogP contribution in [0.2, 0.25) is 0 Å². The molecule has 0 aliphatic carbocycles. The molecular weight excluding hydrogens is 532 g/mol. The zero-order chi connectivity index (χ0) is 28.8. The first kappa shape index (κ1) is 28.7. The van der Waals surface area contributed by atoms with Crippen LogP contribution < -0.4 is 27.2 Å². The van der Waals surface area contributed by atoms with E-state index in [1.807, 2.05) is 10.9 Å². The summed E-state index contributed by atoms with van der Waals surface area (Å²) in [5.74, 6) is 9.35. The molecule has 0 saturated carbocycles. The Balaban J connectivity index is 1.29. The van der Waals surface area contributed by atoms with Gasteiger partial charge < -0.3 is 25.9 Å². The molecule has 5 rings (SSSR count). The number of hydrogen-bond acceptors (Lipinski definition) is 9. The van der Waals surface area contributed by atoms with Gasteiger partial charge in [-0.15, -0.1) is 0 Å². The molecule has 0 spiro atoms. The lowest BCUT2D eigenvalue weighted by molar-refractivity contribution is 0.0662. The van der Waals surface area contributed by atoms with Crippen LogP contribution in [0.5, 0.6) is 5.75 Å². The number of likely N-dealkylation sites (tertiary alicyclic amines) is 1. The minimum atomic E-state index is -1.19. The molecule has 11 nitrogen and oxygen atoms in total. The van der Waals surface area contributed by atoms with E-state index in [0.717, 1.165) is 43.0 Å². The highest BCUT2D eigenvalue weighted by atomic mass is 19.2. The molecule has 4 heterocycles. The van der Waals surface area contributed by atoms with Gasteiger partial charge in [-0.2, -0.15) is 14.6 Å². The van der Waals surface area contributed by atoms with Crippen molar-refractivity contribution >= 4 is 17.3 Å². The predicted octanol–water partition coefficient (Wildman–Crippen LogP) is 3.41. The summed E-state index contributed by atoms with van der Waals surface area (Å²) in [6, 6.07) is 4.59. The van der Waals surface area contributed by atoms with Crippen LogP contribution in [0.4, 0.5) is 20.3 Å². The molecule has 0 amide bonds. The van der Waals surface area contributed by atoms with E-state index in [-0.39, 0.29) is 41.3 Å². The molecule has 2 aliphatic rings. The lowest BCUT2D eigenvalue weighted by Gasteiger charge is -2.26. The summed E-state index contributed by atoms with van der Waals surface area (Å²) in [4.78, 5) is 6.62. The number of piperidine rings is 1. The number of nitrogen functional groups attached to an aromatic ring is 1. The smallest absolute Gasteiger partial charge is 0.202 e. The lowest BCUT2D eigenvalue weighted by Crippen LogP contribution is -2.40. The highest BCUT2D eigenvalue weighted by Gasteiger charge is 2.24. The van der Waals surface area contributed by atoms with Crippen molar-refractivity contribution in [3.05, 3.63) is 54.0 Å². The molecule has 6 N–H and O–H groups in total. The fraction of sp³-hybridized carbons (Fsp3) is 0.464. The highest BCUT2D eigenvalue weighted by molar-refractivity contribution is 6.12. The SMILES string of the molecule is N/N=C(/c1cc(-c2cnn(C3CCOCC3)c2)cnc1N)N(N)c1ccc(OCCCN2CCCCC2)c(F)c1F. The summed E-state index contributed by atoms with van der Waals surface area (Å²) < 4.78 is 43.1. The fourth-order valence-corrected chi connectivity index (χ4v) is 5.30. The second-order valence-corrected chi connectivity index (χ2v) is 10.3. The van der Waals surface area contributed by atoms with Crippen LogP contribution in [-0.4, -0.2) is 65.0 Å². The second-order valence-electron chi connectivity index (χ2n) is 10.3. The number of nitrogens with two attached hydrogens (primary N) is 3. The Morgan fingerprint density at radius 2 is 1.88 bits per heavy atom.